The van der Waals surface area contributed by atoms with Gasteiger partial charge in [0.2, 0.25) is 0 Å². The van der Waals surface area contributed by atoms with E-state index in [0.29, 0.717) is 6.54 Å². The van der Waals surface area contributed by atoms with Crippen molar-refractivity contribution in [2.24, 2.45) is 11.7 Å². The molecule has 2 nitrogen and oxygen atoms in total. The fourth-order valence-corrected chi connectivity index (χ4v) is 1.64. The zero-order valence-corrected chi connectivity index (χ0v) is 10.7. The molecule has 2 atom stereocenters. The lowest BCUT2D eigenvalue weighted by Gasteiger charge is -2.21. The Morgan fingerprint density at radius 3 is 2.06 bits per heavy atom. The average molecular weight is 221 g/mol. The van der Waals surface area contributed by atoms with Gasteiger partial charge in [-0.25, -0.2) is 0 Å². The maximum absolute atomic E-state index is 10.0. The second-order valence-corrected chi connectivity index (χ2v) is 5.53. The molecular formula is C14H23NO. The first-order valence-corrected chi connectivity index (χ1v) is 5.85. The van der Waals surface area contributed by atoms with E-state index in [1.165, 1.54) is 5.56 Å². The zero-order valence-electron chi connectivity index (χ0n) is 10.7. The van der Waals surface area contributed by atoms with Gasteiger partial charge in [-0.2, -0.15) is 0 Å². The van der Waals surface area contributed by atoms with Crippen LogP contribution < -0.4 is 5.73 Å². The Hall–Kier alpha value is -0.860. The first-order valence-electron chi connectivity index (χ1n) is 5.85. The van der Waals surface area contributed by atoms with E-state index in [-0.39, 0.29) is 11.3 Å². The molecule has 0 aliphatic heterocycles. The van der Waals surface area contributed by atoms with Gasteiger partial charge < -0.3 is 10.8 Å². The van der Waals surface area contributed by atoms with Crippen molar-refractivity contribution in [3.05, 3.63) is 35.4 Å². The van der Waals surface area contributed by atoms with Gasteiger partial charge in [0.15, 0.2) is 0 Å². The lowest BCUT2D eigenvalue weighted by Crippen LogP contribution is -2.19. The highest BCUT2D eigenvalue weighted by molar-refractivity contribution is 5.28. The molecule has 1 aromatic rings. The first-order chi connectivity index (χ1) is 7.36. The van der Waals surface area contributed by atoms with Crippen molar-refractivity contribution in [2.45, 2.75) is 39.2 Å². The summed E-state index contributed by atoms with van der Waals surface area (Å²) in [5.41, 5.74) is 7.94. The second-order valence-electron chi connectivity index (χ2n) is 5.53. The second kappa shape index (κ2) is 4.98. The topological polar surface area (TPSA) is 46.2 Å². The van der Waals surface area contributed by atoms with E-state index in [4.69, 9.17) is 5.73 Å². The molecule has 0 bridgehead atoms. The van der Waals surface area contributed by atoms with Crippen LogP contribution in [0.5, 0.6) is 0 Å². The number of rotatable bonds is 3. The van der Waals surface area contributed by atoms with Crippen molar-refractivity contribution in [3.63, 3.8) is 0 Å². The molecule has 0 aromatic heterocycles. The van der Waals surface area contributed by atoms with Crippen LogP contribution in [0.1, 0.15) is 44.9 Å². The van der Waals surface area contributed by atoms with Gasteiger partial charge in [-0.3, -0.25) is 0 Å². The van der Waals surface area contributed by atoms with Gasteiger partial charge in [0.05, 0.1) is 6.10 Å². The van der Waals surface area contributed by atoms with Crippen LogP contribution in [0, 0.1) is 5.92 Å². The lowest BCUT2D eigenvalue weighted by atomic mass is 9.85. The molecule has 0 heterocycles. The van der Waals surface area contributed by atoms with Gasteiger partial charge >= 0.3 is 0 Å². The number of aliphatic hydroxyl groups is 1. The van der Waals surface area contributed by atoms with E-state index in [9.17, 15) is 5.11 Å². The third-order valence-electron chi connectivity index (χ3n) is 3.03. The Balaban J connectivity index is 2.87. The molecule has 0 fully saturated rings. The molecule has 2 heteroatoms. The zero-order chi connectivity index (χ0) is 12.3. The highest BCUT2D eigenvalue weighted by Crippen LogP contribution is 2.26. The van der Waals surface area contributed by atoms with Crippen LogP contribution in [0.4, 0.5) is 0 Å². The molecule has 1 rings (SSSR count). The van der Waals surface area contributed by atoms with E-state index < -0.39 is 6.10 Å². The van der Waals surface area contributed by atoms with Crippen molar-refractivity contribution >= 4 is 0 Å². The van der Waals surface area contributed by atoms with Gasteiger partial charge in [-0.05, 0) is 29.0 Å². The molecule has 0 aliphatic carbocycles. The summed E-state index contributed by atoms with van der Waals surface area (Å²) in [7, 11) is 0. The van der Waals surface area contributed by atoms with Crippen molar-refractivity contribution in [1.82, 2.24) is 0 Å². The van der Waals surface area contributed by atoms with Crippen molar-refractivity contribution < 1.29 is 5.11 Å². The van der Waals surface area contributed by atoms with E-state index >= 15 is 0 Å². The summed E-state index contributed by atoms with van der Waals surface area (Å²) in [4.78, 5) is 0. The van der Waals surface area contributed by atoms with Crippen molar-refractivity contribution in [1.29, 1.82) is 0 Å². The Morgan fingerprint density at radius 1 is 1.19 bits per heavy atom. The Labute approximate surface area is 98.5 Å². The van der Waals surface area contributed by atoms with Gasteiger partial charge in [0.1, 0.15) is 0 Å². The summed E-state index contributed by atoms with van der Waals surface area (Å²) < 4.78 is 0. The Bertz CT molecular complexity index is 324. The molecule has 16 heavy (non-hydrogen) atoms. The van der Waals surface area contributed by atoms with Crippen LogP contribution in [-0.4, -0.2) is 11.7 Å². The number of benzene rings is 1. The molecule has 2 unspecified atom stereocenters. The standard InChI is InChI=1S/C14H23NO/c1-10(9-15)13(16)11-5-7-12(8-6-11)14(2,3)4/h5-8,10,13,16H,9,15H2,1-4H3. The molecule has 0 radical (unpaired) electrons. The summed E-state index contributed by atoms with van der Waals surface area (Å²) in [6.45, 7) is 9.01. The van der Waals surface area contributed by atoms with Crippen LogP contribution in [0.15, 0.2) is 24.3 Å². The normalized spacial score (nSPS) is 15.9. The summed E-state index contributed by atoms with van der Waals surface area (Å²) >= 11 is 0. The minimum atomic E-state index is -0.459. The minimum absolute atomic E-state index is 0.0977. The van der Waals surface area contributed by atoms with Crippen LogP contribution in [0.2, 0.25) is 0 Å². The maximum atomic E-state index is 10.0. The van der Waals surface area contributed by atoms with E-state index in [2.05, 4.69) is 32.9 Å². The molecule has 0 spiro atoms. The summed E-state index contributed by atoms with van der Waals surface area (Å²) in [5.74, 6) is 0.0977. The van der Waals surface area contributed by atoms with Crippen LogP contribution in [0.25, 0.3) is 0 Å². The van der Waals surface area contributed by atoms with Gasteiger partial charge in [-0.1, -0.05) is 52.0 Å². The third-order valence-corrected chi connectivity index (χ3v) is 3.03. The van der Waals surface area contributed by atoms with E-state index in [0.717, 1.165) is 5.56 Å². The fourth-order valence-electron chi connectivity index (χ4n) is 1.64. The van der Waals surface area contributed by atoms with Gasteiger partial charge in [-0.15, -0.1) is 0 Å². The van der Waals surface area contributed by atoms with Crippen LogP contribution in [-0.2, 0) is 5.41 Å². The van der Waals surface area contributed by atoms with E-state index in [1.807, 2.05) is 19.1 Å². The number of hydrogen-bond donors (Lipinski definition) is 2. The molecule has 0 aliphatic rings. The Morgan fingerprint density at radius 2 is 1.69 bits per heavy atom. The quantitative estimate of drug-likeness (QED) is 0.824. The van der Waals surface area contributed by atoms with Gasteiger partial charge in [0, 0.05) is 0 Å². The monoisotopic (exact) mass is 221 g/mol. The SMILES string of the molecule is CC(CN)C(O)c1ccc(C(C)(C)C)cc1. The highest BCUT2D eigenvalue weighted by Gasteiger charge is 2.17. The first kappa shape index (κ1) is 13.2. The predicted octanol–water partition coefficient (Wildman–Crippen LogP) is 2.61. The summed E-state index contributed by atoms with van der Waals surface area (Å²) in [5, 5.41) is 10.0. The molecule has 90 valence electrons. The third kappa shape index (κ3) is 3.06. The molecule has 0 amide bonds. The predicted molar refractivity (Wildman–Crippen MR) is 68.3 cm³/mol. The molecule has 0 saturated carbocycles. The number of aliphatic hydroxyl groups excluding tert-OH is 1. The largest absolute Gasteiger partial charge is 0.388 e. The van der Waals surface area contributed by atoms with Crippen LogP contribution in [0.3, 0.4) is 0 Å². The molecular weight excluding hydrogens is 198 g/mol. The fraction of sp³-hybridized carbons (Fsp3) is 0.571. The molecule has 1 aromatic carbocycles. The Kier molecular flexibility index (Phi) is 4.11. The van der Waals surface area contributed by atoms with Crippen LogP contribution >= 0.6 is 0 Å². The molecule has 3 N–H and O–H groups in total. The lowest BCUT2D eigenvalue weighted by molar-refractivity contribution is 0.121. The number of nitrogens with two attached hydrogens (primary N) is 1. The smallest absolute Gasteiger partial charge is 0.0827 e. The van der Waals surface area contributed by atoms with Crippen molar-refractivity contribution in [2.75, 3.05) is 6.54 Å². The van der Waals surface area contributed by atoms with E-state index in [1.54, 1.807) is 0 Å². The van der Waals surface area contributed by atoms with Gasteiger partial charge in [0.25, 0.3) is 0 Å². The highest BCUT2D eigenvalue weighted by atomic mass is 16.3. The maximum Gasteiger partial charge on any atom is 0.0827 e. The minimum Gasteiger partial charge on any atom is -0.388 e. The summed E-state index contributed by atoms with van der Waals surface area (Å²) in [6.07, 6.45) is -0.459. The van der Waals surface area contributed by atoms with Crippen molar-refractivity contribution in [3.8, 4) is 0 Å². The molecule has 0 saturated heterocycles. The summed E-state index contributed by atoms with van der Waals surface area (Å²) in [6, 6.07) is 8.17. The number of hydrogen-bond acceptors (Lipinski definition) is 2. The average Bonchev–Trinajstić information content (AvgIpc) is 2.26.